The standard InChI is InChI=1S/C13H13NO3/c1-9-8-12(16)14(13(9)17)11-4-2-10(3-5-11)6-7-15/h2-5,8,15H,6-7H2,1H3. The van der Waals surface area contributed by atoms with E-state index in [1.54, 1.807) is 31.2 Å². The summed E-state index contributed by atoms with van der Waals surface area (Å²) in [4.78, 5) is 24.5. The molecule has 4 nitrogen and oxygen atoms in total. The van der Waals surface area contributed by atoms with Crippen molar-refractivity contribution in [3.8, 4) is 0 Å². The van der Waals surface area contributed by atoms with Crippen LogP contribution in [0.2, 0.25) is 0 Å². The minimum absolute atomic E-state index is 0.0849. The molecule has 1 N–H and O–H groups in total. The lowest BCUT2D eigenvalue weighted by atomic mass is 10.1. The Morgan fingerprint density at radius 1 is 1.18 bits per heavy atom. The van der Waals surface area contributed by atoms with Gasteiger partial charge in [-0.25, -0.2) is 4.90 Å². The van der Waals surface area contributed by atoms with Gasteiger partial charge in [-0.2, -0.15) is 0 Å². The van der Waals surface area contributed by atoms with Crippen molar-refractivity contribution in [3.63, 3.8) is 0 Å². The van der Waals surface area contributed by atoms with Crippen molar-refractivity contribution in [1.29, 1.82) is 0 Å². The highest BCUT2D eigenvalue weighted by molar-refractivity contribution is 6.30. The molecule has 0 aromatic heterocycles. The number of aliphatic hydroxyl groups excluding tert-OH is 1. The van der Waals surface area contributed by atoms with Crippen molar-refractivity contribution in [2.75, 3.05) is 11.5 Å². The Hall–Kier alpha value is -1.94. The third kappa shape index (κ3) is 2.12. The third-order valence-electron chi connectivity index (χ3n) is 2.70. The molecule has 17 heavy (non-hydrogen) atoms. The van der Waals surface area contributed by atoms with Gasteiger partial charge in [-0.05, 0) is 31.0 Å². The van der Waals surface area contributed by atoms with Crippen molar-refractivity contribution < 1.29 is 14.7 Å². The van der Waals surface area contributed by atoms with E-state index < -0.39 is 0 Å². The molecule has 1 aliphatic heterocycles. The number of carbonyl (C=O) groups excluding carboxylic acids is 2. The second-order valence-electron chi connectivity index (χ2n) is 3.95. The molecule has 0 atom stereocenters. The summed E-state index contributed by atoms with van der Waals surface area (Å²) in [6.07, 6.45) is 1.91. The molecule has 0 fully saturated rings. The fraction of sp³-hybridized carbons (Fsp3) is 0.231. The minimum Gasteiger partial charge on any atom is -0.396 e. The average Bonchev–Trinajstić information content (AvgIpc) is 2.55. The van der Waals surface area contributed by atoms with Crippen LogP contribution in [0.1, 0.15) is 12.5 Å². The normalized spacial score (nSPS) is 15.4. The van der Waals surface area contributed by atoms with Gasteiger partial charge in [0.2, 0.25) is 0 Å². The Labute approximate surface area is 99.2 Å². The second-order valence-corrected chi connectivity index (χ2v) is 3.95. The van der Waals surface area contributed by atoms with Crippen LogP contribution in [0.5, 0.6) is 0 Å². The van der Waals surface area contributed by atoms with E-state index in [9.17, 15) is 9.59 Å². The number of benzene rings is 1. The van der Waals surface area contributed by atoms with Crippen molar-refractivity contribution >= 4 is 17.5 Å². The molecule has 2 rings (SSSR count). The zero-order chi connectivity index (χ0) is 12.4. The van der Waals surface area contributed by atoms with E-state index in [0.717, 1.165) is 10.5 Å². The predicted octanol–water partition coefficient (Wildman–Crippen LogP) is 1.04. The summed E-state index contributed by atoms with van der Waals surface area (Å²) in [7, 11) is 0. The second kappa shape index (κ2) is 4.51. The number of aliphatic hydroxyl groups is 1. The summed E-state index contributed by atoms with van der Waals surface area (Å²) in [5.74, 6) is -0.577. The maximum Gasteiger partial charge on any atom is 0.261 e. The highest BCUT2D eigenvalue weighted by Crippen LogP contribution is 2.22. The van der Waals surface area contributed by atoms with Gasteiger partial charge in [0.15, 0.2) is 0 Å². The average molecular weight is 231 g/mol. The molecule has 1 aliphatic rings. The summed E-state index contributed by atoms with van der Waals surface area (Å²) in [6.45, 7) is 1.71. The number of hydrogen-bond donors (Lipinski definition) is 1. The topological polar surface area (TPSA) is 57.6 Å². The lowest BCUT2D eigenvalue weighted by molar-refractivity contribution is -0.120. The van der Waals surface area contributed by atoms with Gasteiger partial charge in [0.25, 0.3) is 11.8 Å². The Morgan fingerprint density at radius 3 is 2.29 bits per heavy atom. The van der Waals surface area contributed by atoms with Crippen LogP contribution in [0, 0.1) is 0 Å². The van der Waals surface area contributed by atoms with Gasteiger partial charge >= 0.3 is 0 Å². The smallest absolute Gasteiger partial charge is 0.261 e. The summed E-state index contributed by atoms with van der Waals surface area (Å²) in [5, 5.41) is 8.79. The molecular formula is C13H13NO3. The first kappa shape index (κ1) is 11.5. The van der Waals surface area contributed by atoms with E-state index in [1.165, 1.54) is 6.08 Å². The first-order valence-corrected chi connectivity index (χ1v) is 5.40. The van der Waals surface area contributed by atoms with E-state index in [2.05, 4.69) is 0 Å². The maximum absolute atomic E-state index is 11.7. The maximum atomic E-state index is 11.7. The number of nitrogens with zero attached hydrogens (tertiary/aromatic N) is 1. The molecule has 1 aromatic rings. The van der Waals surface area contributed by atoms with Crippen LogP contribution < -0.4 is 4.90 Å². The number of amides is 2. The molecule has 88 valence electrons. The SMILES string of the molecule is CC1=CC(=O)N(c2ccc(CCO)cc2)C1=O. The molecule has 2 amide bonds. The molecule has 1 heterocycles. The van der Waals surface area contributed by atoms with E-state index in [-0.39, 0.29) is 18.4 Å². The van der Waals surface area contributed by atoms with Gasteiger partial charge in [-0.3, -0.25) is 9.59 Å². The largest absolute Gasteiger partial charge is 0.396 e. The van der Waals surface area contributed by atoms with Crippen LogP contribution in [-0.4, -0.2) is 23.5 Å². The van der Waals surface area contributed by atoms with Crippen molar-refractivity contribution in [2.45, 2.75) is 13.3 Å². The van der Waals surface area contributed by atoms with Gasteiger partial charge in [0.05, 0.1) is 5.69 Å². The summed E-state index contributed by atoms with van der Waals surface area (Å²) < 4.78 is 0. The third-order valence-corrected chi connectivity index (χ3v) is 2.70. The molecule has 1 aromatic carbocycles. The fourth-order valence-electron chi connectivity index (χ4n) is 1.77. The minimum atomic E-state index is -0.303. The number of anilines is 1. The summed E-state index contributed by atoms with van der Waals surface area (Å²) >= 11 is 0. The van der Waals surface area contributed by atoms with E-state index in [0.29, 0.717) is 17.7 Å². The lowest BCUT2D eigenvalue weighted by Gasteiger charge is -2.14. The monoisotopic (exact) mass is 231 g/mol. The molecule has 0 bridgehead atoms. The van der Waals surface area contributed by atoms with Crippen molar-refractivity contribution in [2.24, 2.45) is 0 Å². The van der Waals surface area contributed by atoms with Crippen LogP contribution in [0.3, 0.4) is 0 Å². The Balaban J connectivity index is 2.24. The zero-order valence-corrected chi connectivity index (χ0v) is 9.51. The van der Waals surface area contributed by atoms with Crippen molar-refractivity contribution in [3.05, 3.63) is 41.5 Å². The predicted molar refractivity (Wildman–Crippen MR) is 63.5 cm³/mol. The fourth-order valence-corrected chi connectivity index (χ4v) is 1.77. The van der Waals surface area contributed by atoms with Crippen LogP contribution >= 0.6 is 0 Å². The Bertz CT molecular complexity index is 488. The first-order chi connectivity index (χ1) is 8.13. The van der Waals surface area contributed by atoms with Crippen LogP contribution in [0.25, 0.3) is 0 Å². The summed E-state index contributed by atoms with van der Waals surface area (Å²) in [6, 6.07) is 7.04. The summed E-state index contributed by atoms with van der Waals surface area (Å²) in [5.41, 5.74) is 1.99. The first-order valence-electron chi connectivity index (χ1n) is 5.40. The van der Waals surface area contributed by atoms with Gasteiger partial charge in [0.1, 0.15) is 0 Å². The molecule has 0 aliphatic carbocycles. The van der Waals surface area contributed by atoms with Gasteiger partial charge in [-0.1, -0.05) is 12.1 Å². The number of imide groups is 1. The number of rotatable bonds is 3. The van der Waals surface area contributed by atoms with E-state index in [1.807, 2.05) is 0 Å². The van der Waals surface area contributed by atoms with E-state index >= 15 is 0 Å². The quantitative estimate of drug-likeness (QED) is 0.791. The van der Waals surface area contributed by atoms with Crippen LogP contribution in [0.4, 0.5) is 5.69 Å². The number of carbonyl (C=O) groups is 2. The van der Waals surface area contributed by atoms with Crippen LogP contribution in [0.15, 0.2) is 35.9 Å². The Kier molecular flexibility index (Phi) is 3.06. The zero-order valence-electron chi connectivity index (χ0n) is 9.51. The van der Waals surface area contributed by atoms with Gasteiger partial charge in [-0.15, -0.1) is 0 Å². The highest BCUT2D eigenvalue weighted by Gasteiger charge is 2.29. The number of hydrogen-bond acceptors (Lipinski definition) is 3. The molecule has 0 unspecified atom stereocenters. The lowest BCUT2D eigenvalue weighted by Crippen LogP contribution is -2.30. The van der Waals surface area contributed by atoms with Crippen molar-refractivity contribution in [1.82, 2.24) is 0 Å². The molecule has 0 spiro atoms. The van der Waals surface area contributed by atoms with E-state index in [4.69, 9.17) is 5.11 Å². The Morgan fingerprint density at radius 2 is 1.82 bits per heavy atom. The van der Waals surface area contributed by atoms with Crippen LogP contribution in [-0.2, 0) is 16.0 Å². The molecule has 4 heteroatoms. The molecule has 0 radical (unpaired) electrons. The van der Waals surface area contributed by atoms with Gasteiger partial charge in [0, 0.05) is 18.3 Å². The molecule has 0 saturated carbocycles. The highest BCUT2D eigenvalue weighted by atomic mass is 16.3. The van der Waals surface area contributed by atoms with Gasteiger partial charge < -0.3 is 5.11 Å². The molecule has 0 saturated heterocycles. The molecular weight excluding hydrogens is 218 g/mol.